The van der Waals surface area contributed by atoms with Gasteiger partial charge in [-0.15, -0.1) is 0 Å². The van der Waals surface area contributed by atoms with Gasteiger partial charge in [0.25, 0.3) is 0 Å². The van der Waals surface area contributed by atoms with E-state index in [1.54, 1.807) is 30.0 Å². The van der Waals surface area contributed by atoms with Crippen LogP contribution in [0.2, 0.25) is 0 Å². The highest BCUT2D eigenvalue weighted by atomic mass is 16.6. The van der Waals surface area contributed by atoms with Gasteiger partial charge in [0, 0.05) is 12.7 Å². The highest BCUT2D eigenvalue weighted by molar-refractivity contribution is 5.91. The first-order valence-electron chi connectivity index (χ1n) is 12.4. The van der Waals surface area contributed by atoms with Crippen LogP contribution >= 0.6 is 0 Å². The average molecular weight is 469 g/mol. The zero-order chi connectivity index (χ0) is 24.1. The minimum Gasteiger partial charge on any atom is -0.445 e. The lowest BCUT2D eigenvalue weighted by Crippen LogP contribution is -2.56. The number of amides is 3. The Morgan fingerprint density at radius 1 is 1.09 bits per heavy atom. The number of likely N-dealkylation sites (tertiary alicyclic amines) is 1. The van der Waals surface area contributed by atoms with Gasteiger partial charge < -0.3 is 20.3 Å². The Bertz CT molecular complexity index is 899. The lowest BCUT2D eigenvalue weighted by atomic mass is 9.83. The number of nitrogens with zero attached hydrogens (tertiary/aromatic N) is 2. The second-order valence-electron chi connectivity index (χ2n) is 9.56. The maximum atomic E-state index is 13.7. The monoisotopic (exact) mass is 468 g/mol. The molecule has 184 valence electrons. The molecule has 0 spiro atoms. The number of likely N-dealkylation sites (N-methyl/N-ethyl adjacent to an activating group) is 1. The van der Waals surface area contributed by atoms with E-state index in [1.165, 1.54) is 6.42 Å². The lowest BCUT2D eigenvalue weighted by Gasteiger charge is -2.35. The van der Waals surface area contributed by atoms with Crippen LogP contribution in [0.15, 0.2) is 42.6 Å². The van der Waals surface area contributed by atoms with Crippen molar-refractivity contribution < 1.29 is 19.1 Å². The molecule has 0 radical (unpaired) electrons. The van der Waals surface area contributed by atoms with Crippen LogP contribution in [0.5, 0.6) is 0 Å². The van der Waals surface area contributed by atoms with E-state index in [9.17, 15) is 14.4 Å². The zero-order valence-electron chi connectivity index (χ0n) is 20.1. The number of rotatable bonds is 7. The molecule has 2 N–H and O–H groups in total. The summed E-state index contributed by atoms with van der Waals surface area (Å²) in [6.45, 7) is 2.55. The van der Waals surface area contributed by atoms with Crippen LogP contribution in [0.25, 0.3) is 0 Å². The third kappa shape index (κ3) is 5.27. The van der Waals surface area contributed by atoms with Crippen molar-refractivity contribution in [1.82, 2.24) is 20.4 Å². The number of fused-ring (bicyclic) bond motifs is 1. The molecule has 3 aliphatic rings. The van der Waals surface area contributed by atoms with Crippen LogP contribution in [0, 0.1) is 5.92 Å². The third-order valence-electron chi connectivity index (χ3n) is 7.43. The lowest BCUT2D eigenvalue weighted by molar-refractivity contribution is -0.137. The molecule has 2 heterocycles. The Morgan fingerprint density at radius 3 is 2.53 bits per heavy atom. The van der Waals surface area contributed by atoms with Crippen LogP contribution in [0.4, 0.5) is 4.79 Å². The van der Waals surface area contributed by atoms with Gasteiger partial charge in [-0.05, 0) is 50.8 Å². The Morgan fingerprint density at radius 2 is 1.82 bits per heavy atom. The SMILES string of the molecule is CNC(C)C(=O)NC(C(=O)N1C=CC2C1CCN2C(=O)OCc1ccccc1)C1CCCCC1. The summed E-state index contributed by atoms with van der Waals surface area (Å²) in [5, 5.41) is 5.99. The molecule has 4 unspecified atom stereocenters. The van der Waals surface area contributed by atoms with Crippen molar-refractivity contribution in [3.8, 4) is 0 Å². The smallest absolute Gasteiger partial charge is 0.410 e. The highest BCUT2D eigenvalue weighted by Crippen LogP contribution is 2.33. The number of carbonyl (C=O) groups is 3. The molecule has 1 aliphatic carbocycles. The van der Waals surface area contributed by atoms with Gasteiger partial charge in [0.05, 0.1) is 18.1 Å². The van der Waals surface area contributed by atoms with Crippen molar-refractivity contribution >= 4 is 17.9 Å². The second kappa shape index (κ2) is 11.0. The fourth-order valence-corrected chi connectivity index (χ4v) is 5.30. The van der Waals surface area contributed by atoms with Crippen molar-refractivity contribution in [3.63, 3.8) is 0 Å². The largest absolute Gasteiger partial charge is 0.445 e. The Kier molecular flexibility index (Phi) is 7.88. The summed E-state index contributed by atoms with van der Waals surface area (Å²) in [6, 6.07) is 8.35. The summed E-state index contributed by atoms with van der Waals surface area (Å²) in [4.78, 5) is 42.6. The van der Waals surface area contributed by atoms with Gasteiger partial charge >= 0.3 is 6.09 Å². The normalized spacial score (nSPS) is 23.9. The number of hydrogen-bond donors (Lipinski definition) is 2. The van der Waals surface area contributed by atoms with Crippen molar-refractivity contribution in [2.24, 2.45) is 5.92 Å². The Hall–Kier alpha value is -2.87. The van der Waals surface area contributed by atoms with E-state index in [0.717, 1.165) is 31.2 Å². The zero-order valence-corrected chi connectivity index (χ0v) is 20.1. The molecule has 4 atom stereocenters. The van der Waals surface area contributed by atoms with E-state index in [1.807, 2.05) is 36.4 Å². The van der Waals surface area contributed by atoms with Gasteiger partial charge in [-0.1, -0.05) is 49.6 Å². The molecule has 34 heavy (non-hydrogen) atoms. The molecule has 1 saturated carbocycles. The summed E-state index contributed by atoms with van der Waals surface area (Å²) in [5.41, 5.74) is 0.937. The first-order chi connectivity index (χ1) is 16.5. The standard InChI is InChI=1S/C26H36N4O4/c1-18(27-2)24(31)28-23(20-11-7-4-8-12-20)25(32)29-15-13-22-21(29)14-16-30(22)26(33)34-17-19-9-5-3-6-10-19/h3,5-6,9-10,13,15,18,20-23,27H,4,7-8,11-12,14,16-17H2,1-2H3,(H,28,31). The van der Waals surface area contributed by atoms with E-state index in [4.69, 9.17) is 4.74 Å². The van der Waals surface area contributed by atoms with Crippen molar-refractivity contribution in [2.45, 2.75) is 76.2 Å². The van der Waals surface area contributed by atoms with E-state index in [2.05, 4.69) is 10.6 Å². The average Bonchev–Trinajstić information content (AvgIpc) is 3.48. The second-order valence-corrected chi connectivity index (χ2v) is 9.56. The van der Waals surface area contributed by atoms with Gasteiger partial charge in [0.2, 0.25) is 11.8 Å². The van der Waals surface area contributed by atoms with Crippen LogP contribution in [0.3, 0.4) is 0 Å². The fourth-order valence-electron chi connectivity index (χ4n) is 5.30. The molecular formula is C26H36N4O4. The minimum atomic E-state index is -0.550. The third-order valence-corrected chi connectivity index (χ3v) is 7.43. The van der Waals surface area contributed by atoms with Crippen molar-refractivity contribution in [2.75, 3.05) is 13.6 Å². The molecule has 2 aliphatic heterocycles. The molecule has 8 heteroatoms. The van der Waals surface area contributed by atoms with E-state index < -0.39 is 6.04 Å². The molecule has 8 nitrogen and oxygen atoms in total. The molecule has 1 saturated heterocycles. The molecule has 0 bridgehead atoms. The molecule has 0 aromatic heterocycles. The number of ether oxygens (including phenoxy) is 1. The predicted molar refractivity (Wildman–Crippen MR) is 129 cm³/mol. The molecule has 2 fully saturated rings. The quantitative estimate of drug-likeness (QED) is 0.642. The molecule has 3 amide bonds. The summed E-state index contributed by atoms with van der Waals surface area (Å²) < 4.78 is 5.54. The van der Waals surface area contributed by atoms with Gasteiger partial charge in [-0.3, -0.25) is 14.5 Å². The maximum absolute atomic E-state index is 13.7. The van der Waals surface area contributed by atoms with Crippen LogP contribution in [-0.4, -0.2) is 65.5 Å². The van der Waals surface area contributed by atoms with Gasteiger partial charge in [0.15, 0.2) is 0 Å². The minimum absolute atomic E-state index is 0.0770. The van der Waals surface area contributed by atoms with E-state index >= 15 is 0 Å². The fraction of sp³-hybridized carbons (Fsp3) is 0.577. The first-order valence-corrected chi connectivity index (χ1v) is 12.4. The van der Waals surface area contributed by atoms with Crippen LogP contribution < -0.4 is 10.6 Å². The van der Waals surface area contributed by atoms with Gasteiger partial charge in [-0.2, -0.15) is 0 Å². The van der Waals surface area contributed by atoms with Crippen molar-refractivity contribution in [1.29, 1.82) is 0 Å². The molecule has 1 aromatic rings. The number of nitrogens with one attached hydrogen (secondary N) is 2. The first kappa shape index (κ1) is 24.3. The number of hydrogen-bond acceptors (Lipinski definition) is 5. The Balaban J connectivity index is 1.41. The van der Waals surface area contributed by atoms with Crippen LogP contribution in [0.1, 0.15) is 51.0 Å². The summed E-state index contributed by atoms with van der Waals surface area (Å²) >= 11 is 0. The van der Waals surface area contributed by atoms with Gasteiger partial charge in [-0.25, -0.2) is 4.79 Å². The number of benzene rings is 1. The molecule has 4 rings (SSSR count). The number of carbonyl (C=O) groups excluding carboxylic acids is 3. The summed E-state index contributed by atoms with van der Waals surface area (Å²) in [7, 11) is 1.74. The topological polar surface area (TPSA) is 91.0 Å². The van der Waals surface area contributed by atoms with Crippen molar-refractivity contribution in [3.05, 3.63) is 48.2 Å². The van der Waals surface area contributed by atoms with E-state index in [0.29, 0.717) is 13.0 Å². The van der Waals surface area contributed by atoms with Gasteiger partial charge in [0.1, 0.15) is 12.6 Å². The highest BCUT2D eigenvalue weighted by Gasteiger charge is 2.46. The molecular weight excluding hydrogens is 432 g/mol. The van der Waals surface area contributed by atoms with E-state index in [-0.39, 0.29) is 48.6 Å². The summed E-state index contributed by atoms with van der Waals surface area (Å²) in [5.74, 6) is -0.106. The summed E-state index contributed by atoms with van der Waals surface area (Å²) in [6.07, 6.45) is 9.23. The predicted octanol–water partition coefficient (Wildman–Crippen LogP) is 2.80. The Labute approximate surface area is 201 Å². The molecule has 1 aromatic carbocycles. The van der Waals surface area contributed by atoms with Crippen LogP contribution in [-0.2, 0) is 20.9 Å². The maximum Gasteiger partial charge on any atom is 0.410 e.